The van der Waals surface area contributed by atoms with Crippen LogP contribution in [0.15, 0.2) is 143 Å². The van der Waals surface area contributed by atoms with Crippen LogP contribution in [-0.2, 0) is 49.9 Å². The molecule has 0 amide bonds. The van der Waals surface area contributed by atoms with Crippen LogP contribution >= 0.6 is 0 Å². The SMILES string of the molecule is CC(=O)Oc1c(-c2cc(C(C)(C)C)cc([C@@H]3OC[C@H](c4ccccc4)N3S(=O)(=O)c3ccc(C)cc3)c2OC(C)=O)cc(C(C)(C)C)cc1[C@@H]1OC[C@H](c2ccccc2)N1S(=O)(=O)c1ccc(C)cc1. The number of hydrogen-bond acceptors (Lipinski definition) is 10. The number of carbonyl (C=O) groups is 2. The molecule has 0 unspecified atom stereocenters. The Labute approximate surface area is 412 Å². The molecule has 2 heterocycles. The van der Waals surface area contributed by atoms with Crippen LogP contribution < -0.4 is 9.47 Å². The summed E-state index contributed by atoms with van der Waals surface area (Å²) in [6.45, 7) is 18.2. The van der Waals surface area contributed by atoms with Gasteiger partial charge in [-0.05, 0) is 95.5 Å². The molecule has 0 N–H and O–H groups in total. The Morgan fingerprint density at radius 1 is 0.514 bits per heavy atom. The summed E-state index contributed by atoms with van der Waals surface area (Å²) in [7, 11) is -8.69. The van der Waals surface area contributed by atoms with E-state index in [0.29, 0.717) is 22.3 Å². The molecule has 8 rings (SSSR count). The van der Waals surface area contributed by atoms with Gasteiger partial charge >= 0.3 is 11.9 Å². The van der Waals surface area contributed by atoms with Crippen LogP contribution in [0.3, 0.4) is 0 Å². The first-order valence-corrected chi connectivity index (χ1v) is 26.1. The molecule has 6 aromatic rings. The van der Waals surface area contributed by atoms with Gasteiger partial charge in [-0.3, -0.25) is 9.59 Å². The van der Waals surface area contributed by atoms with Gasteiger partial charge in [-0.1, -0.05) is 138 Å². The highest BCUT2D eigenvalue weighted by Gasteiger charge is 2.49. The summed E-state index contributed by atoms with van der Waals surface area (Å²) in [5.74, 6) is -1.49. The smallest absolute Gasteiger partial charge is 0.308 e. The van der Waals surface area contributed by atoms with Crippen molar-refractivity contribution in [2.75, 3.05) is 13.2 Å². The molecule has 0 radical (unpaired) electrons. The van der Waals surface area contributed by atoms with E-state index in [0.717, 1.165) is 11.1 Å². The Balaban J connectivity index is 1.44. The third-order valence-corrected chi connectivity index (χ3v) is 16.5. The lowest BCUT2D eigenvalue weighted by Gasteiger charge is -2.32. The van der Waals surface area contributed by atoms with E-state index in [9.17, 15) is 9.59 Å². The van der Waals surface area contributed by atoms with Gasteiger partial charge in [-0.2, -0.15) is 8.61 Å². The van der Waals surface area contributed by atoms with Crippen LogP contribution in [-0.4, -0.2) is 50.6 Å². The number of aryl methyl sites for hydroxylation is 2. The Hall–Kier alpha value is -6.00. The van der Waals surface area contributed by atoms with Crippen LogP contribution in [0.5, 0.6) is 11.5 Å². The fourth-order valence-electron chi connectivity index (χ4n) is 8.98. The zero-order valence-electron chi connectivity index (χ0n) is 41.2. The molecule has 2 aliphatic heterocycles. The molecular formula is C56H60N2O10S2. The maximum absolute atomic E-state index is 15.2. The van der Waals surface area contributed by atoms with Crippen molar-refractivity contribution in [3.8, 4) is 22.6 Å². The van der Waals surface area contributed by atoms with Crippen molar-refractivity contribution in [1.29, 1.82) is 0 Å². The molecular weight excluding hydrogens is 925 g/mol. The van der Waals surface area contributed by atoms with Gasteiger partial charge in [-0.25, -0.2) is 16.8 Å². The molecule has 14 heteroatoms. The van der Waals surface area contributed by atoms with E-state index in [-0.39, 0.29) is 56.8 Å². The highest BCUT2D eigenvalue weighted by atomic mass is 32.2. The summed E-state index contributed by atoms with van der Waals surface area (Å²) in [6, 6.07) is 37.3. The number of sulfonamides is 2. The molecule has 0 spiro atoms. The number of rotatable bonds is 11. The Morgan fingerprint density at radius 3 is 1.14 bits per heavy atom. The summed E-state index contributed by atoms with van der Waals surface area (Å²) in [5.41, 5.74) is 4.32. The Kier molecular flexibility index (Phi) is 13.9. The number of hydrogen-bond donors (Lipinski definition) is 0. The van der Waals surface area contributed by atoms with Crippen molar-refractivity contribution in [2.24, 2.45) is 0 Å². The highest BCUT2D eigenvalue weighted by molar-refractivity contribution is 7.89. The fraction of sp³-hybridized carbons (Fsp3) is 0.321. The number of benzene rings is 6. The second-order valence-corrected chi connectivity index (χ2v) is 23.8. The van der Waals surface area contributed by atoms with Gasteiger partial charge < -0.3 is 18.9 Å². The normalized spacial score (nSPS) is 19.3. The van der Waals surface area contributed by atoms with Gasteiger partial charge in [0, 0.05) is 36.1 Å². The zero-order valence-corrected chi connectivity index (χ0v) is 42.9. The van der Waals surface area contributed by atoms with E-state index in [1.165, 1.54) is 22.5 Å². The lowest BCUT2D eigenvalue weighted by molar-refractivity contribution is -0.133. The molecule has 2 aliphatic rings. The molecule has 6 aromatic carbocycles. The fourth-order valence-corrected chi connectivity index (χ4v) is 12.3. The minimum Gasteiger partial charge on any atom is -0.426 e. The number of esters is 2. The molecule has 0 aromatic heterocycles. The van der Waals surface area contributed by atoms with Crippen molar-refractivity contribution in [1.82, 2.24) is 8.61 Å². The maximum atomic E-state index is 15.2. The third kappa shape index (κ3) is 9.99. The maximum Gasteiger partial charge on any atom is 0.308 e. The first-order valence-electron chi connectivity index (χ1n) is 23.2. The minimum atomic E-state index is -4.34. The summed E-state index contributed by atoms with van der Waals surface area (Å²) >= 11 is 0. The predicted octanol–water partition coefficient (Wildman–Crippen LogP) is 11.3. The lowest BCUT2D eigenvalue weighted by Crippen LogP contribution is -2.34. The largest absolute Gasteiger partial charge is 0.426 e. The van der Waals surface area contributed by atoms with Gasteiger partial charge in [0.15, 0.2) is 12.5 Å². The van der Waals surface area contributed by atoms with Crippen molar-refractivity contribution < 1.29 is 45.4 Å². The van der Waals surface area contributed by atoms with Crippen molar-refractivity contribution >= 4 is 32.0 Å². The summed E-state index contributed by atoms with van der Waals surface area (Å²) < 4.78 is 89.2. The van der Waals surface area contributed by atoms with Crippen molar-refractivity contribution in [3.63, 3.8) is 0 Å². The van der Waals surface area contributed by atoms with E-state index in [4.69, 9.17) is 18.9 Å². The van der Waals surface area contributed by atoms with Crippen LogP contribution in [0.4, 0.5) is 0 Å². The molecule has 2 fully saturated rings. The van der Waals surface area contributed by atoms with Crippen LogP contribution in [0, 0.1) is 13.8 Å². The monoisotopic (exact) mass is 984 g/mol. The van der Waals surface area contributed by atoms with Gasteiger partial charge in [0.25, 0.3) is 0 Å². The highest BCUT2D eigenvalue weighted by Crippen LogP contribution is 2.54. The van der Waals surface area contributed by atoms with Crippen LogP contribution in [0.1, 0.15) is 124 Å². The van der Waals surface area contributed by atoms with E-state index < -0.39 is 67.4 Å². The topological polar surface area (TPSA) is 146 Å². The van der Waals surface area contributed by atoms with E-state index in [2.05, 4.69) is 0 Å². The quantitative estimate of drug-likeness (QED) is 0.0908. The minimum absolute atomic E-state index is 0.0348. The Bertz CT molecular complexity index is 2930. The standard InChI is InChI=1S/C56H60N2O10S2/c1-35-21-25-43(26-22-35)69(61,62)57-49(39-17-13-11-14-18-39)33-65-53(57)47-31-41(55(5,6)7)29-45(51(47)67-37(3)59)46-30-42(56(8,9)10)32-48(52(46)68-38(4)60)54-58(50(34-66-54)40-19-15-12-16-20-40)70(63,64)44-27-23-36(2)24-28-44/h11-32,49-50,53-54H,33-34H2,1-10H3/t49-,50-,53+,54+/m1/s1. The molecule has 0 saturated carbocycles. The number of ether oxygens (including phenoxy) is 4. The Morgan fingerprint density at radius 2 is 0.843 bits per heavy atom. The first-order chi connectivity index (χ1) is 33.0. The summed E-state index contributed by atoms with van der Waals surface area (Å²) in [5, 5.41) is 0. The number of nitrogens with zero attached hydrogens (tertiary/aromatic N) is 2. The number of carbonyl (C=O) groups excluding carboxylic acids is 2. The second-order valence-electron chi connectivity index (χ2n) is 20.1. The average Bonchev–Trinajstić information content (AvgIpc) is 3.96. The van der Waals surface area contributed by atoms with Crippen molar-refractivity contribution in [2.45, 2.75) is 114 Å². The molecule has 2 saturated heterocycles. The van der Waals surface area contributed by atoms with Gasteiger partial charge in [0.2, 0.25) is 20.0 Å². The van der Waals surface area contributed by atoms with E-state index >= 15 is 16.8 Å². The first kappa shape index (κ1) is 50.4. The third-order valence-electron chi connectivity index (χ3n) is 12.7. The van der Waals surface area contributed by atoms with E-state index in [1.54, 1.807) is 60.7 Å². The molecule has 4 atom stereocenters. The van der Waals surface area contributed by atoms with Gasteiger partial charge in [-0.15, -0.1) is 0 Å². The van der Waals surface area contributed by atoms with Gasteiger partial charge in [0.1, 0.15) is 11.5 Å². The second kappa shape index (κ2) is 19.3. The summed E-state index contributed by atoms with van der Waals surface area (Å²) in [6.07, 6.45) is -2.68. The zero-order chi connectivity index (χ0) is 50.5. The van der Waals surface area contributed by atoms with Crippen molar-refractivity contribution in [3.05, 3.63) is 178 Å². The van der Waals surface area contributed by atoms with Crippen LogP contribution in [0.2, 0.25) is 0 Å². The molecule has 366 valence electrons. The molecule has 0 aliphatic carbocycles. The lowest BCUT2D eigenvalue weighted by atomic mass is 9.80. The summed E-state index contributed by atoms with van der Waals surface area (Å²) in [4.78, 5) is 27.2. The molecule has 12 nitrogen and oxygen atoms in total. The average molecular weight is 985 g/mol. The van der Waals surface area contributed by atoms with Gasteiger partial charge in [0.05, 0.1) is 35.1 Å². The van der Waals surface area contributed by atoms with E-state index in [1.807, 2.05) is 128 Å². The van der Waals surface area contributed by atoms with Crippen LogP contribution in [0.25, 0.3) is 11.1 Å². The molecule has 70 heavy (non-hydrogen) atoms. The molecule has 0 bridgehead atoms. The predicted molar refractivity (Wildman–Crippen MR) is 268 cm³/mol.